The van der Waals surface area contributed by atoms with Crippen LogP contribution in [0.5, 0.6) is 0 Å². The number of aromatic nitrogens is 3. The number of morpholine rings is 1. The summed E-state index contributed by atoms with van der Waals surface area (Å²) in [6, 6.07) is 11.0. The standard InChI is InChI=1S/C24H26FN5O6S/c1-17-2-5-21(6-3-17)37(32,33)35-16-18-13-29(27-26-18)14-20-15-30(24(31)36-20)19-4-7-23(22(25)12-19)28-8-10-34-11-9-28/h2-7,12-13,20H,8-11,14-16H2,1H3. The van der Waals surface area contributed by atoms with Gasteiger partial charge in [-0.15, -0.1) is 5.10 Å². The quantitative estimate of drug-likeness (QED) is 0.404. The maximum atomic E-state index is 14.8. The van der Waals surface area contributed by atoms with Gasteiger partial charge in [0, 0.05) is 13.1 Å². The molecule has 5 rings (SSSR count). The van der Waals surface area contributed by atoms with Crippen LogP contribution >= 0.6 is 0 Å². The Kier molecular flexibility index (Phi) is 7.09. The molecule has 0 aliphatic carbocycles. The lowest BCUT2D eigenvalue weighted by Gasteiger charge is -2.29. The number of benzene rings is 2. The summed E-state index contributed by atoms with van der Waals surface area (Å²) < 4.78 is 56.8. The monoisotopic (exact) mass is 531 g/mol. The zero-order valence-corrected chi connectivity index (χ0v) is 20.9. The highest BCUT2D eigenvalue weighted by Crippen LogP contribution is 2.28. The van der Waals surface area contributed by atoms with E-state index in [1.54, 1.807) is 24.3 Å². The molecular weight excluding hydrogens is 505 g/mol. The number of carbonyl (C=O) groups excluding carboxylic acids is 1. The average Bonchev–Trinajstić information content (AvgIpc) is 3.49. The third kappa shape index (κ3) is 5.73. The molecule has 0 radical (unpaired) electrons. The zero-order valence-electron chi connectivity index (χ0n) is 20.1. The minimum atomic E-state index is -3.94. The van der Waals surface area contributed by atoms with E-state index >= 15 is 0 Å². The number of hydrogen-bond acceptors (Lipinski definition) is 9. The molecule has 2 aliphatic heterocycles. The van der Waals surface area contributed by atoms with E-state index < -0.39 is 28.1 Å². The fourth-order valence-electron chi connectivity index (χ4n) is 4.17. The molecule has 1 unspecified atom stereocenters. The Labute approximate surface area is 213 Å². The summed E-state index contributed by atoms with van der Waals surface area (Å²) >= 11 is 0. The van der Waals surface area contributed by atoms with Crippen molar-refractivity contribution in [3.8, 4) is 0 Å². The van der Waals surface area contributed by atoms with Crippen molar-refractivity contribution in [3.05, 3.63) is 65.7 Å². The fraction of sp³-hybridized carbons (Fsp3) is 0.375. The van der Waals surface area contributed by atoms with Gasteiger partial charge in [-0.25, -0.2) is 13.9 Å². The lowest BCUT2D eigenvalue weighted by Crippen LogP contribution is -2.36. The third-order valence-corrected chi connectivity index (χ3v) is 7.39. The molecule has 11 nitrogen and oxygen atoms in total. The van der Waals surface area contributed by atoms with Crippen LogP contribution in [0.1, 0.15) is 11.3 Å². The maximum Gasteiger partial charge on any atom is 0.414 e. The number of anilines is 2. The highest BCUT2D eigenvalue weighted by molar-refractivity contribution is 7.86. The molecule has 0 spiro atoms. The first-order valence-electron chi connectivity index (χ1n) is 11.7. The number of rotatable bonds is 8. The third-order valence-electron chi connectivity index (χ3n) is 6.12. The van der Waals surface area contributed by atoms with E-state index in [-0.39, 0.29) is 24.6 Å². The summed E-state index contributed by atoms with van der Waals surface area (Å²) in [5, 5.41) is 7.91. The van der Waals surface area contributed by atoms with E-state index in [1.807, 2.05) is 11.8 Å². The highest BCUT2D eigenvalue weighted by Gasteiger charge is 2.33. The lowest BCUT2D eigenvalue weighted by atomic mass is 10.2. The summed E-state index contributed by atoms with van der Waals surface area (Å²) in [6.45, 7) is 4.25. The Hall–Kier alpha value is -3.55. The highest BCUT2D eigenvalue weighted by atomic mass is 32.2. The second kappa shape index (κ2) is 10.4. The summed E-state index contributed by atoms with van der Waals surface area (Å²) in [5.41, 5.74) is 2.11. The van der Waals surface area contributed by atoms with Gasteiger partial charge in [0.2, 0.25) is 0 Å². The molecule has 0 saturated carbocycles. The van der Waals surface area contributed by atoms with Crippen LogP contribution in [0.3, 0.4) is 0 Å². The van der Waals surface area contributed by atoms with Crippen molar-refractivity contribution < 1.29 is 31.3 Å². The number of cyclic esters (lactones) is 1. The number of hydrogen-bond donors (Lipinski definition) is 0. The van der Waals surface area contributed by atoms with E-state index in [4.69, 9.17) is 13.7 Å². The number of aryl methyl sites for hydroxylation is 1. The molecule has 1 aromatic heterocycles. The Bertz CT molecular complexity index is 1370. The van der Waals surface area contributed by atoms with Crippen LogP contribution < -0.4 is 9.80 Å². The van der Waals surface area contributed by atoms with Gasteiger partial charge >= 0.3 is 6.09 Å². The minimum absolute atomic E-state index is 0.0536. The van der Waals surface area contributed by atoms with Gasteiger partial charge in [-0.1, -0.05) is 22.9 Å². The number of ether oxygens (including phenoxy) is 2. The lowest BCUT2D eigenvalue weighted by molar-refractivity contribution is 0.122. The SMILES string of the molecule is Cc1ccc(S(=O)(=O)OCc2cn(CC3CN(c4ccc(N5CCOCC5)c(F)c4)C(=O)O3)nn2)cc1. The largest absolute Gasteiger partial charge is 0.442 e. The molecule has 0 N–H and O–H groups in total. The van der Waals surface area contributed by atoms with Gasteiger partial charge in [0.1, 0.15) is 24.2 Å². The van der Waals surface area contributed by atoms with Gasteiger partial charge in [-0.3, -0.25) is 9.08 Å². The van der Waals surface area contributed by atoms with Gasteiger partial charge in [-0.2, -0.15) is 8.42 Å². The number of carbonyl (C=O) groups is 1. The fourth-order valence-corrected chi connectivity index (χ4v) is 5.05. The first-order valence-corrected chi connectivity index (χ1v) is 13.1. The number of amides is 1. The first kappa shape index (κ1) is 25.1. The maximum absolute atomic E-state index is 14.8. The smallest absolute Gasteiger partial charge is 0.414 e. The van der Waals surface area contributed by atoms with Crippen LogP contribution in [0.15, 0.2) is 53.6 Å². The van der Waals surface area contributed by atoms with Gasteiger partial charge in [0.25, 0.3) is 10.1 Å². The summed E-state index contributed by atoms with van der Waals surface area (Å²) in [4.78, 5) is 15.8. The van der Waals surface area contributed by atoms with E-state index in [0.29, 0.717) is 43.4 Å². The van der Waals surface area contributed by atoms with Crippen LogP contribution in [0.2, 0.25) is 0 Å². The Balaban J connectivity index is 1.18. The summed E-state index contributed by atoms with van der Waals surface area (Å²) in [5.74, 6) is -0.419. The molecule has 37 heavy (non-hydrogen) atoms. The van der Waals surface area contributed by atoms with E-state index in [0.717, 1.165) is 5.56 Å². The molecule has 3 aromatic rings. The van der Waals surface area contributed by atoms with Crippen LogP contribution in [0, 0.1) is 12.7 Å². The van der Waals surface area contributed by atoms with Crippen molar-refractivity contribution in [1.82, 2.24) is 15.0 Å². The van der Waals surface area contributed by atoms with Crippen LogP contribution in [-0.4, -0.2) is 68.5 Å². The average molecular weight is 532 g/mol. The molecule has 2 aliphatic rings. The molecule has 13 heteroatoms. The van der Waals surface area contributed by atoms with Gasteiger partial charge < -0.3 is 14.4 Å². The molecule has 3 heterocycles. The Morgan fingerprint density at radius 3 is 2.62 bits per heavy atom. The zero-order chi connectivity index (χ0) is 26.0. The van der Waals surface area contributed by atoms with E-state index in [9.17, 15) is 17.6 Å². The van der Waals surface area contributed by atoms with Crippen LogP contribution in [-0.2, 0) is 36.9 Å². The predicted octanol–water partition coefficient (Wildman–Crippen LogP) is 2.49. The van der Waals surface area contributed by atoms with E-state index in [2.05, 4.69) is 10.3 Å². The van der Waals surface area contributed by atoms with Crippen molar-refractivity contribution in [1.29, 1.82) is 0 Å². The second-order valence-electron chi connectivity index (χ2n) is 8.81. The predicted molar refractivity (Wildman–Crippen MR) is 130 cm³/mol. The molecule has 1 amide bonds. The molecule has 196 valence electrons. The van der Waals surface area contributed by atoms with E-state index in [1.165, 1.54) is 34.0 Å². The molecule has 2 aromatic carbocycles. The number of halogens is 1. The van der Waals surface area contributed by atoms with Gasteiger partial charge in [0.15, 0.2) is 0 Å². The van der Waals surface area contributed by atoms with Crippen molar-refractivity contribution in [2.45, 2.75) is 31.1 Å². The normalized spacial score (nSPS) is 18.3. The molecular formula is C24H26FN5O6S. The van der Waals surface area contributed by atoms with Crippen LogP contribution in [0.4, 0.5) is 20.6 Å². The molecule has 1 atom stereocenters. The summed E-state index contributed by atoms with van der Waals surface area (Å²) in [6.07, 6.45) is 0.385. The minimum Gasteiger partial charge on any atom is -0.442 e. The van der Waals surface area contributed by atoms with Crippen molar-refractivity contribution in [3.63, 3.8) is 0 Å². The van der Waals surface area contributed by atoms with Crippen molar-refractivity contribution in [2.75, 3.05) is 42.6 Å². The number of nitrogens with zero attached hydrogens (tertiary/aromatic N) is 5. The Morgan fingerprint density at radius 1 is 1.14 bits per heavy atom. The Morgan fingerprint density at radius 2 is 1.89 bits per heavy atom. The van der Waals surface area contributed by atoms with Gasteiger partial charge in [0.05, 0.1) is 48.8 Å². The van der Waals surface area contributed by atoms with Crippen molar-refractivity contribution in [2.24, 2.45) is 0 Å². The molecule has 0 bridgehead atoms. The topological polar surface area (TPSA) is 116 Å². The second-order valence-corrected chi connectivity index (χ2v) is 10.4. The first-order chi connectivity index (χ1) is 17.8. The van der Waals surface area contributed by atoms with Crippen molar-refractivity contribution >= 4 is 27.6 Å². The summed E-state index contributed by atoms with van der Waals surface area (Å²) in [7, 11) is -3.94. The van der Waals surface area contributed by atoms with Gasteiger partial charge in [-0.05, 0) is 37.3 Å². The molecule has 2 saturated heterocycles. The van der Waals surface area contributed by atoms with Crippen LogP contribution in [0.25, 0.3) is 0 Å². The molecule has 2 fully saturated rings.